The highest BCUT2D eigenvalue weighted by Gasteiger charge is 2.47. The number of carbonyl (C=O) groups is 1. The van der Waals surface area contributed by atoms with Gasteiger partial charge in [0, 0.05) is 31.5 Å². The molecule has 0 aliphatic carbocycles. The van der Waals surface area contributed by atoms with E-state index in [0.29, 0.717) is 6.42 Å². The molecule has 1 spiro atoms. The Labute approximate surface area is 136 Å². The maximum atomic E-state index is 12.5. The summed E-state index contributed by atoms with van der Waals surface area (Å²) < 4.78 is 0. The maximum absolute atomic E-state index is 12.5. The van der Waals surface area contributed by atoms with E-state index in [1.807, 2.05) is 11.0 Å². The fourth-order valence-electron chi connectivity index (χ4n) is 3.84. The van der Waals surface area contributed by atoms with Gasteiger partial charge >= 0.3 is 0 Å². The Bertz CT molecular complexity index is 691. The van der Waals surface area contributed by atoms with E-state index < -0.39 is 0 Å². The normalized spacial score (nSPS) is 24.7. The third-order valence-corrected chi connectivity index (χ3v) is 4.95. The third kappa shape index (κ3) is 2.84. The highest BCUT2D eigenvalue weighted by molar-refractivity contribution is 5.96. The SMILES string of the molecule is O=C1CC2(CCN(Cc3ccccc3)C2)CN1c1cncnc1. The van der Waals surface area contributed by atoms with Crippen LogP contribution in [0.15, 0.2) is 49.1 Å². The molecule has 1 unspecified atom stereocenters. The van der Waals surface area contributed by atoms with Crippen molar-refractivity contribution < 1.29 is 4.79 Å². The molecule has 0 radical (unpaired) electrons. The molecular formula is C18H20N4O. The van der Waals surface area contributed by atoms with Crippen LogP contribution in [0.3, 0.4) is 0 Å². The zero-order chi connectivity index (χ0) is 15.7. The van der Waals surface area contributed by atoms with Crippen LogP contribution >= 0.6 is 0 Å². The van der Waals surface area contributed by atoms with E-state index in [1.54, 1.807) is 12.4 Å². The Hall–Kier alpha value is -2.27. The minimum absolute atomic E-state index is 0.0850. The zero-order valence-corrected chi connectivity index (χ0v) is 13.1. The Balaban J connectivity index is 1.45. The summed E-state index contributed by atoms with van der Waals surface area (Å²) in [5, 5.41) is 0. The van der Waals surface area contributed by atoms with Gasteiger partial charge in [0.2, 0.25) is 5.91 Å². The molecule has 1 atom stereocenters. The largest absolute Gasteiger partial charge is 0.309 e. The second kappa shape index (κ2) is 5.74. The quantitative estimate of drug-likeness (QED) is 0.871. The third-order valence-electron chi connectivity index (χ3n) is 4.95. The first kappa shape index (κ1) is 14.3. The van der Waals surface area contributed by atoms with Gasteiger partial charge in [0.25, 0.3) is 0 Å². The first-order valence-electron chi connectivity index (χ1n) is 8.06. The number of anilines is 1. The summed E-state index contributed by atoms with van der Waals surface area (Å²) in [6.45, 7) is 3.79. The Morgan fingerprint density at radius 1 is 1.09 bits per heavy atom. The van der Waals surface area contributed by atoms with E-state index in [-0.39, 0.29) is 11.3 Å². The van der Waals surface area contributed by atoms with Gasteiger partial charge in [-0.3, -0.25) is 9.69 Å². The number of hydrogen-bond acceptors (Lipinski definition) is 4. The van der Waals surface area contributed by atoms with Gasteiger partial charge in [-0.05, 0) is 18.5 Å². The molecule has 0 bridgehead atoms. The number of amides is 1. The Morgan fingerprint density at radius 2 is 1.87 bits per heavy atom. The van der Waals surface area contributed by atoms with E-state index in [9.17, 15) is 4.79 Å². The monoisotopic (exact) mass is 308 g/mol. The molecule has 1 aromatic heterocycles. The van der Waals surface area contributed by atoms with Crippen LogP contribution in [0.4, 0.5) is 5.69 Å². The van der Waals surface area contributed by atoms with Gasteiger partial charge in [-0.15, -0.1) is 0 Å². The van der Waals surface area contributed by atoms with Crippen LogP contribution in [0.25, 0.3) is 0 Å². The number of rotatable bonds is 3. The molecule has 2 fully saturated rings. The van der Waals surface area contributed by atoms with Gasteiger partial charge in [-0.2, -0.15) is 0 Å². The van der Waals surface area contributed by atoms with Gasteiger partial charge in [0.15, 0.2) is 0 Å². The van der Waals surface area contributed by atoms with Crippen molar-refractivity contribution in [1.29, 1.82) is 0 Å². The molecule has 1 amide bonds. The summed E-state index contributed by atoms with van der Waals surface area (Å²) in [6, 6.07) is 10.5. The number of aromatic nitrogens is 2. The van der Waals surface area contributed by atoms with E-state index in [2.05, 4.69) is 39.1 Å². The Kier molecular flexibility index (Phi) is 3.58. The van der Waals surface area contributed by atoms with E-state index in [1.165, 1.54) is 11.9 Å². The lowest BCUT2D eigenvalue weighted by molar-refractivity contribution is -0.117. The van der Waals surface area contributed by atoms with Crippen LogP contribution in [0.5, 0.6) is 0 Å². The lowest BCUT2D eigenvalue weighted by Gasteiger charge is -2.24. The topological polar surface area (TPSA) is 49.3 Å². The molecule has 2 aliphatic heterocycles. The van der Waals surface area contributed by atoms with Crippen molar-refractivity contribution in [2.45, 2.75) is 19.4 Å². The molecule has 3 heterocycles. The summed E-state index contributed by atoms with van der Waals surface area (Å²) in [4.78, 5) is 24.8. The average molecular weight is 308 g/mol. The predicted molar refractivity (Wildman–Crippen MR) is 87.8 cm³/mol. The second-order valence-corrected chi connectivity index (χ2v) is 6.70. The van der Waals surface area contributed by atoms with E-state index in [4.69, 9.17) is 0 Å². The number of likely N-dealkylation sites (tertiary alicyclic amines) is 1. The lowest BCUT2D eigenvalue weighted by Crippen LogP contribution is -2.31. The highest BCUT2D eigenvalue weighted by atomic mass is 16.2. The number of nitrogens with zero attached hydrogens (tertiary/aromatic N) is 4. The first-order valence-corrected chi connectivity index (χ1v) is 8.06. The van der Waals surface area contributed by atoms with Crippen LogP contribution < -0.4 is 4.90 Å². The van der Waals surface area contributed by atoms with Gasteiger partial charge in [-0.1, -0.05) is 30.3 Å². The first-order chi connectivity index (χ1) is 11.2. The number of carbonyl (C=O) groups excluding carboxylic acids is 1. The molecular weight excluding hydrogens is 288 g/mol. The minimum Gasteiger partial charge on any atom is -0.309 e. The summed E-state index contributed by atoms with van der Waals surface area (Å²) in [6.07, 6.45) is 6.65. The van der Waals surface area contributed by atoms with Crippen molar-refractivity contribution in [2.24, 2.45) is 5.41 Å². The lowest BCUT2D eigenvalue weighted by atomic mass is 9.86. The smallest absolute Gasteiger partial charge is 0.227 e. The van der Waals surface area contributed by atoms with Crippen LogP contribution in [0, 0.1) is 5.41 Å². The number of benzene rings is 1. The molecule has 2 saturated heterocycles. The van der Waals surface area contributed by atoms with Crippen molar-refractivity contribution in [2.75, 3.05) is 24.5 Å². The molecule has 1 aromatic carbocycles. The molecule has 4 rings (SSSR count). The van der Waals surface area contributed by atoms with Crippen molar-refractivity contribution in [1.82, 2.24) is 14.9 Å². The van der Waals surface area contributed by atoms with Gasteiger partial charge in [-0.25, -0.2) is 9.97 Å². The maximum Gasteiger partial charge on any atom is 0.227 e. The fourth-order valence-corrected chi connectivity index (χ4v) is 3.84. The molecule has 5 nitrogen and oxygen atoms in total. The van der Waals surface area contributed by atoms with E-state index in [0.717, 1.165) is 38.3 Å². The Morgan fingerprint density at radius 3 is 2.65 bits per heavy atom. The summed E-state index contributed by atoms with van der Waals surface area (Å²) in [5.74, 6) is 0.196. The minimum atomic E-state index is 0.0850. The molecule has 118 valence electrons. The van der Waals surface area contributed by atoms with Gasteiger partial charge in [0.1, 0.15) is 6.33 Å². The fraction of sp³-hybridized carbons (Fsp3) is 0.389. The molecule has 2 aromatic rings. The van der Waals surface area contributed by atoms with E-state index >= 15 is 0 Å². The highest BCUT2D eigenvalue weighted by Crippen LogP contribution is 2.41. The van der Waals surface area contributed by atoms with Crippen molar-refractivity contribution in [3.05, 3.63) is 54.6 Å². The average Bonchev–Trinajstić information content (AvgIpc) is 3.12. The molecule has 2 aliphatic rings. The summed E-state index contributed by atoms with van der Waals surface area (Å²) >= 11 is 0. The van der Waals surface area contributed by atoms with Crippen LogP contribution in [-0.4, -0.2) is 40.4 Å². The zero-order valence-electron chi connectivity index (χ0n) is 13.1. The molecule has 0 saturated carbocycles. The van der Waals surface area contributed by atoms with Gasteiger partial charge < -0.3 is 4.90 Å². The van der Waals surface area contributed by atoms with Crippen molar-refractivity contribution in [3.63, 3.8) is 0 Å². The van der Waals surface area contributed by atoms with Crippen LogP contribution in [0.1, 0.15) is 18.4 Å². The van der Waals surface area contributed by atoms with Crippen LogP contribution in [0.2, 0.25) is 0 Å². The summed E-state index contributed by atoms with van der Waals surface area (Å²) in [7, 11) is 0. The molecule has 5 heteroatoms. The van der Waals surface area contributed by atoms with Crippen molar-refractivity contribution >= 4 is 11.6 Å². The van der Waals surface area contributed by atoms with Gasteiger partial charge in [0.05, 0.1) is 18.1 Å². The number of hydrogen-bond donors (Lipinski definition) is 0. The predicted octanol–water partition coefficient (Wildman–Crippen LogP) is 2.11. The second-order valence-electron chi connectivity index (χ2n) is 6.70. The molecule has 23 heavy (non-hydrogen) atoms. The standard InChI is InChI=1S/C18H20N4O/c23-17-8-18(13-22(17)16-9-19-14-20-10-16)6-7-21(12-18)11-15-4-2-1-3-5-15/h1-5,9-10,14H,6-8,11-13H2. The molecule has 0 N–H and O–H groups in total. The van der Waals surface area contributed by atoms with Crippen LogP contribution in [-0.2, 0) is 11.3 Å². The van der Waals surface area contributed by atoms with Crippen molar-refractivity contribution in [3.8, 4) is 0 Å². The summed E-state index contributed by atoms with van der Waals surface area (Å²) in [5.41, 5.74) is 2.24.